The SMILES string of the molecule is CC#Cc1cc(C(C)(C)C)cc(C#CC)c1C#Cc1cc(C#Cc2c(C#CC)cc(C(C)(C)C)cc2C#CC)cc(C#Cc2c(C#CC)cc(C(C)(C)C)cc2C#CC)c1. The Morgan fingerprint density at radius 1 is 0.250 bits per heavy atom. The van der Waals surface area contributed by atoms with Crippen molar-refractivity contribution in [1.29, 1.82) is 0 Å². The third-order valence-corrected chi connectivity index (χ3v) is 9.50. The third kappa shape index (κ3) is 11.8. The molecule has 0 bridgehead atoms. The fraction of sp³-hybridized carbons (Fsp3) is 0.300. The zero-order chi connectivity index (χ0) is 44.3. The topological polar surface area (TPSA) is 0 Å². The summed E-state index contributed by atoms with van der Waals surface area (Å²) in [6, 6.07) is 18.8. The molecule has 60 heavy (non-hydrogen) atoms. The molecule has 294 valence electrons. The van der Waals surface area contributed by atoms with Crippen LogP contribution in [0.2, 0.25) is 0 Å². The van der Waals surface area contributed by atoms with Gasteiger partial charge in [0.25, 0.3) is 0 Å². The van der Waals surface area contributed by atoms with Crippen LogP contribution in [0.5, 0.6) is 0 Å². The van der Waals surface area contributed by atoms with E-state index in [1.165, 1.54) is 0 Å². The Morgan fingerprint density at radius 2 is 0.433 bits per heavy atom. The van der Waals surface area contributed by atoms with Gasteiger partial charge in [-0.2, -0.15) is 0 Å². The summed E-state index contributed by atoms with van der Waals surface area (Å²) < 4.78 is 0. The average molecular weight is 775 g/mol. The van der Waals surface area contributed by atoms with Crippen LogP contribution in [-0.2, 0) is 16.2 Å². The second kappa shape index (κ2) is 19.6. The van der Waals surface area contributed by atoms with E-state index in [0.29, 0.717) is 0 Å². The first-order valence-electron chi connectivity index (χ1n) is 20.2. The van der Waals surface area contributed by atoms with Gasteiger partial charge in [0, 0.05) is 50.1 Å². The molecule has 0 spiro atoms. The Balaban J connectivity index is 2.09. The van der Waals surface area contributed by atoms with Crippen LogP contribution in [0, 0.1) is 107 Å². The van der Waals surface area contributed by atoms with Gasteiger partial charge in [-0.25, -0.2) is 0 Å². The highest BCUT2D eigenvalue weighted by molar-refractivity contribution is 5.67. The van der Waals surface area contributed by atoms with Crippen molar-refractivity contribution < 1.29 is 0 Å². The first-order valence-corrected chi connectivity index (χ1v) is 20.2. The number of rotatable bonds is 0. The van der Waals surface area contributed by atoms with E-state index in [2.05, 4.69) is 205 Å². The van der Waals surface area contributed by atoms with E-state index in [-0.39, 0.29) is 16.2 Å². The molecule has 0 fully saturated rings. The zero-order valence-electron chi connectivity index (χ0n) is 38.2. The average Bonchev–Trinajstić information content (AvgIpc) is 3.16. The lowest BCUT2D eigenvalue weighted by molar-refractivity contribution is 0.589. The predicted octanol–water partition coefficient (Wildman–Crippen LogP) is 12.0. The molecule has 0 nitrogen and oxygen atoms in total. The number of hydrogen-bond donors (Lipinski definition) is 0. The minimum Gasteiger partial charge on any atom is -0.101 e. The van der Waals surface area contributed by atoms with Crippen LogP contribution in [0.15, 0.2) is 54.6 Å². The van der Waals surface area contributed by atoms with Gasteiger partial charge in [-0.1, -0.05) is 133 Å². The van der Waals surface area contributed by atoms with Gasteiger partial charge in [0.05, 0.1) is 16.7 Å². The zero-order valence-corrected chi connectivity index (χ0v) is 38.2. The molecule has 0 saturated carbocycles. The summed E-state index contributed by atoms with van der Waals surface area (Å²) in [6.07, 6.45) is 0. The number of hydrogen-bond acceptors (Lipinski definition) is 0. The summed E-state index contributed by atoms with van der Waals surface area (Å²) in [5, 5.41) is 0. The molecule has 0 saturated heterocycles. The lowest BCUT2D eigenvalue weighted by Gasteiger charge is -2.20. The molecule has 0 N–H and O–H groups in total. The van der Waals surface area contributed by atoms with Crippen molar-refractivity contribution in [3.05, 3.63) is 138 Å². The van der Waals surface area contributed by atoms with E-state index in [9.17, 15) is 0 Å². The minimum absolute atomic E-state index is 0.0860. The van der Waals surface area contributed by atoms with Crippen molar-refractivity contribution in [3.8, 4) is 107 Å². The standard InChI is InChI=1S/C60H54/c1-16-22-46-37-52(58(7,8)9)38-47(23-17-2)55(46)31-28-43-34-44(29-32-56-48(24-18-3)39-53(59(10,11)12)40-49(56)25-19-4)36-45(35-43)30-33-57-50(26-20-5)41-54(60(13,14)15)42-51(57)27-21-6/h34-42H,1-15H3. The van der Waals surface area contributed by atoms with Gasteiger partial charge in [0.2, 0.25) is 0 Å². The lowest BCUT2D eigenvalue weighted by atomic mass is 9.83. The fourth-order valence-electron chi connectivity index (χ4n) is 6.28. The molecule has 0 aliphatic carbocycles. The predicted molar refractivity (Wildman–Crippen MR) is 255 cm³/mol. The molecule has 0 radical (unpaired) electrons. The van der Waals surface area contributed by atoms with Crippen LogP contribution in [-0.4, -0.2) is 0 Å². The van der Waals surface area contributed by atoms with Crippen LogP contribution < -0.4 is 0 Å². The normalized spacial score (nSPS) is 10.1. The summed E-state index contributed by atoms with van der Waals surface area (Å²) in [4.78, 5) is 0. The molecule has 0 aliphatic rings. The summed E-state index contributed by atoms with van der Waals surface area (Å²) in [7, 11) is 0. The molecule has 0 unspecified atom stereocenters. The van der Waals surface area contributed by atoms with Crippen molar-refractivity contribution in [1.82, 2.24) is 0 Å². The molecule has 0 aliphatic heterocycles. The van der Waals surface area contributed by atoms with E-state index >= 15 is 0 Å². The molecule has 4 aromatic carbocycles. The lowest BCUT2D eigenvalue weighted by Crippen LogP contribution is -2.12. The van der Waals surface area contributed by atoms with Crippen molar-refractivity contribution in [2.24, 2.45) is 0 Å². The largest absolute Gasteiger partial charge is 0.101 e. The Labute approximate surface area is 363 Å². The van der Waals surface area contributed by atoms with Gasteiger partial charge in [0.15, 0.2) is 0 Å². The molecule has 0 amide bonds. The van der Waals surface area contributed by atoms with Crippen molar-refractivity contribution in [2.75, 3.05) is 0 Å². The smallest absolute Gasteiger partial charge is 0.0562 e. The summed E-state index contributed by atoms with van der Waals surface area (Å²) in [6.45, 7) is 30.8. The van der Waals surface area contributed by atoms with E-state index in [1.807, 2.05) is 59.7 Å². The monoisotopic (exact) mass is 774 g/mol. The second-order valence-corrected chi connectivity index (χ2v) is 17.4. The summed E-state index contributed by atoms with van der Waals surface area (Å²) in [5.41, 5.74) is 13.0. The van der Waals surface area contributed by atoms with Gasteiger partial charge in [-0.3, -0.25) is 0 Å². The van der Waals surface area contributed by atoms with Gasteiger partial charge < -0.3 is 0 Å². The molecule has 0 heteroatoms. The summed E-state index contributed by atoms with van der Waals surface area (Å²) in [5.74, 6) is 59.1. The van der Waals surface area contributed by atoms with Crippen LogP contribution in [0.1, 0.15) is 187 Å². The molecule has 4 aromatic rings. The second-order valence-electron chi connectivity index (χ2n) is 17.4. The van der Waals surface area contributed by atoms with E-state index < -0.39 is 0 Å². The maximum Gasteiger partial charge on any atom is 0.0562 e. The molecule has 0 aromatic heterocycles. The van der Waals surface area contributed by atoms with Crippen molar-refractivity contribution in [2.45, 2.75) is 120 Å². The Hall–Kier alpha value is -7.08. The van der Waals surface area contributed by atoms with Gasteiger partial charge in [-0.05, 0) is 129 Å². The van der Waals surface area contributed by atoms with E-state index in [4.69, 9.17) is 0 Å². The summed E-state index contributed by atoms with van der Waals surface area (Å²) >= 11 is 0. The van der Waals surface area contributed by atoms with Gasteiger partial charge in [0.1, 0.15) is 0 Å². The first kappa shape index (κ1) is 45.6. The highest BCUT2D eigenvalue weighted by Crippen LogP contribution is 2.30. The molecule has 4 rings (SSSR count). The Morgan fingerprint density at radius 3 is 0.583 bits per heavy atom. The highest BCUT2D eigenvalue weighted by atomic mass is 14.2. The number of benzene rings is 4. The van der Waals surface area contributed by atoms with Gasteiger partial charge >= 0.3 is 0 Å². The fourth-order valence-corrected chi connectivity index (χ4v) is 6.28. The Bertz CT molecular complexity index is 2490. The molecule has 0 atom stereocenters. The molecular formula is C60H54. The minimum atomic E-state index is -0.0860. The van der Waals surface area contributed by atoms with Crippen LogP contribution in [0.25, 0.3) is 0 Å². The van der Waals surface area contributed by atoms with Crippen molar-refractivity contribution >= 4 is 0 Å². The molecular weight excluding hydrogens is 721 g/mol. The van der Waals surface area contributed by atoms with Crippen LogP contribution in [0.3, 0.4) is 0 Å². The Kier molecular flexibility index (Phi) is 14.9. The highest BCUT2D eigenvalue weighted by Gasteiger charge is 2.20. The van der Waals surface area contributed by atoms with Crippen molar-refractivity contribution in [3.63, 3.8) is 0 Å². The van der Waals surface area contributed by atoms with E-state index in [0.717, 1.165) is 83.5 Å². The maximum atomic E-state index is 3.47. The third-order valence-electron chi connectivity index (χ3n) is 9.50. The van der Waals surface area contributed by atoms with Crippen LogP contribution in [0.4, 0.5) is 0 Å². The first-order chi connectivity index (χ1) is 28.4. The quantitative estimate of drug-likeness (QED) is 0.156. The van der Waals surface area contributed by atoms with Gasteiger partial charge in [-0.15, -0.1) is 35.5 Å². The maximum absolute atomic E-state index is 3.47. The van der Waals surface area contributed by atoms with E-state index in [1.54, 1.807) is 0 Å². The van der Waals surface area contributed by atoms with Crippen LogP contribution >= 0.6 is 0 Å². The molecule has 0 heterocycles.